The molecule has 0 saturated carbocycles. The van der Waals surface area contributed by atoms with E-state index < -0.39 is 5.60 Å². The molecule has 3 nitrogen and oxygen atoms in total. The highest BCUT2D eigenvalue weighted by molar-refractivity contribution is 9.09. The van der Waals surface area contributed by atoms with Gasteiger partial charge in [0.1, 0.15) is 16.9 Å². The van der Waals surface area contributed by atoms with Gasteiger partial charge in [0.15, 0.2) is 0 Å². The minimum absolute atomic E-state index is 0.337. The fraction of sp³-hybridized carbons (Fsp3) is 0.212. The molecule has 0 aliphatic carbocycles. The normalized spacial score (nSPS) is 14.1. The molecule has 1 N–H and O–H groups in total. The van der Waals surface area contributed by atoms with E-state index in [1.54, 1.807) is 0 Å². The topological polar surface area (TPSA) is 32.7 Å². The zero-order chi connectivity index (χ0) is 26.7. The van der Waals surface area contributed by atoms with Gasteiger partial charge in [0.25, 0.3) is 0 Å². The van der Waals surface area contributed by atoms with Crippen LogP contribution in [0.5, 0.6) is 5.75 Å². The van der Waals surface area contributed by atoms with Gasteiger partial charge in [0.2, 0.25) is 0 Å². The van der Waals surface area contributed by atoms with Crippen molar-refractivity contribution >= 4 is 49.1 Å². The zero-order valence-electron chi connectivity index (χ0n) is 21.6. The molecule has 38 heavy (non-hydrogen) atoms. The van der Waals surface area contributed by atoms with Crippen molar-refractivity contribution < 1.29 is 9.84 Å². The number of ether oxygens (including phenoxy) is 1. The molecule has 0 saturated heterocycles. The lowest BCUT2D eigenvalue weighted by atomic mass is 9.70. The number of aliphatic hydroxyl groups is 1. The Morgan fingerprint density at radius 3 is 2.29 bits per heavy atom. The average Bonchev–Trinajstić information content (AvgIpc) is 2.93. The van der Waals surface area contributed by atoms with Crippen LogP contribution < -0.4 is 4.74 Å². The maximum Gasteiger partial charge on any atom is 0.143 e. The van der Waals surface area contributed by atoms with E-state index in [2.05, 4.69) is 75.4 Å². The molecule has 0 amide bonds. The molecular weight excluding hydrogens is 558 g/mol. The van der Waals surface area contributed by atoms with Gasteiger partial charge in [0.05, 0.1) is 0 Å². The third-order valence-electron chi connectivity index (χ3n) is 7.27. The molecule has 0 aromatic heterocycles. The van der Waals surface area contributed by atoms with Crippen LogP contribution in [0.3, 0.4) is 0 Å². The SMILES string of the molecule is CN(C)CCC(O)(c1cccc2ccccc12)C(c1ccc(Cl)cc1)c1ccc2ccc(OCBr)cc2c1. The molecule has 5 heteroatoms. The Balaban J connectivity index is 1.77. The average molecular weight is 589 g/mol. The lowest BCUT2D eigenvalue weighted by Crippen LogP contribution is -2.37. The van der Waals surface area contributed by atoms with Gasteiger partial charge in [-0.25, -0.2) is 0 Å². The summed E-state index contributed by atoms with van der Waals surface area (Å²) >= 11 is 9.67. The van der Waals surface area contributed by atoms with Gasteiger partial charge < -0.3 is 14.7 Å². The molecule has 0 aliphatic rings. The van der Waals surface area contributed by atoms with E-state index in [4.69, 9.17) is 16.3 Å². The first-order chi connectivity index (χ1) is 18.4. The molecule has 0 bridgehead atoms. The van der Waals surface area contributed by atoms with Crippen LogP contribution in [0.15, 0.2) is 103 Å². The number of fused-ring (bicyclic) bond motifs is 2. The smallest absolute Gasteiger partial charge is 0.143 e. The standard InChI is InChI=1S/C33H31BrClNO2/c1-36(2)19-18-33(37,31-9-5-7-24-6-3-4-8-30(24)31)32(25-12-15-28(35)16-13-25)26-11-10-23-14-17-29(38-22-34)21-27(23)20-26/h3-17,20-21,32,37H,18-19,22H2,1-2H3. The molecule has 0 aliphatic heterocycles. The van der Waals surface area contributed by atoms with Crippen LogP contribution in [-0.4, -0.2) is 36.2 Å². The van der Waals surface area contributed by atoms with Crippen LogP contribution in [0, 0.1) is 0 Å². The maximum atomic E-state index is 13.0. The zero-order valence-corrected chi connectivity index (χ0v) is 23.9. The van der Waals surface area contributed by atoms with Crippen LogP contribution in [-0.2, 0) is 5.60 Å². The van der Waals surface area contributed by atoms with Crippen molar-refractivity contribution in [2.45, 2.75) is 17.9 Å². The molecule has 0 fully saturated rings. The summed E-state index contributed by atoms with van der Waals surface area (Å²) in [6, 6.07) is 34.9. The van der Waals surface area contributed by atoms with Crippen molar-refractivity contribution in [3.05, 3.63) is 125 Å². The number of benzene rings is 5. The van der Waals surface area contributed by atoms with Gasteiger partial charge in [0, 0.05) is 17.5 Å². The van der Waals surface area contributed by atoms with E-state index in [0.717, 1.165) is 50.5 Å². The highest BCUT2D eigenvalue weighted by Gasteiger charge is 2.41. The third-order valence-corrected chi connectivity index (χ3v) is 7.75. The molecule has 2 unspecified atom stereocenters. The number of halogens is 2. The number of hydrogen-bond donors (Lipinski definition) is 1. The number of alkyl halides is 1. The van der Waals surface area contributed by atoms with Crippen LogP contribution in [0.25, 0.3) is 21.5 Å². The van der Waals surface area contributed by atoms with Crippen molar-refractivity contribution in [1.29, 1.82) is 0 Å². The fourth-order valence-corrected chi connectivity index (χ4v) is 5.80. The molecule has 194 valence electrons. The molecule has 5 aromatic rings. The molecule has 5 aromatic carbocycles. The van der Waals surface area contributed by atoms with Crippen molar-refractivity contribution in [2.75, 3.05) is 26.2 Å². The first-order valence-corrected chi connectivity index (χ1v) is 14.2. The molecular formula is C33H31BrClNO2. The van der Waals surface area contributed by atoms with Gasteiger partial charge >= 0.3 is 0 Å². The summed E-state index contributed by atoms with van der Waals surface area (Å²) in [5.41, 5.74) is 2.20. The van der Waals surface area contributed by atoms with Gasteiger partial charge in [-0.2, -0.15) is 0 Å². The lowest BCUT2D eigenvalue weighted by Gasteiger charge is -2.39. The van der Waals surface area contributed by atoms with Crippen molar-refractivity contribution in [1.82, 2.24) is 4.90 Å². The predicted octanol–water partition coefficient (Wildman–Crippen LogP) is 8.35. The Labute approximate surface area is 237 Å². The Bertz CT molecular complexity index is 1550. The van der Waals surface area contributed by atoms with Crippen LogP contribution in [0.4, 0.5) is 0 Å². The van der Waals surface area contributed by atoms with Crippen LogP contribution >= 0.6 is 27.5 Å². The van der Waals surface area contributed by atoms with E-state index in [-0.39, 0.29) is 5.92 Å². The largest absolute Gasteiger partial charge is 0.482 e. The monoisotopic (exact) mass is 587 g/mol. The second-order valence-electron chi connectivity index (χ2n) is 10.0. The summed E-state index contributed by atoms with van der Waals surface area (Å²) in [7, 11) is 4.09. The number of rotatable bonds is 9. The van der Waals surface area contributed by atoms with Crippen LogP contribution in [0.2, 0.25) is 5.02 Å². The summed E-state index contributed by atoms with van der Waals surface area (Å²) in [6.45, 7) is 0.723. The highest BCUT2D eigenvalue weighted by atomic mass is 79.9. The van der Waals surface area contributed by atoms with Gasteiger partial charge in [-0.15, -0.1) is 0 Å². The summed E-state index contributed by atoms with van der Waals surface area (Å²) in [6.07, 6.45) is 0.548. The minimum atomic E-state index is -1.20. The van der Waals surface area contributed by atoms with Crippen molar-refractivity contribution in [2.24, 2.45) is 0 Å². The summed E-state index contributed by atoms with van der Waals surface area (Å²) in [5.74, 6) is 0.460. The van der Waals surface area contributed by atoms with Gasteiger partial charge in [-0.05, 0) is 98.9 Å². The maximum absolute atomic E-state index is 13.0. The first-order valence-electron chi connectivity index (χ1n) is 12.7. The Morgan fingerprint density at radius 1 is 0.816 bits per heavy atom. The lowest BCUT2D eigenvalue weighted by molar-refractivity contribution is 0.00592. The van der Waals surface area contributed by atoms with E-state index in [1.807, 2.05) is 62.6 Å². The van der Waals surface area contributed by atoms with Crippen molar-refractivity contribution in [3.8, 4) is 5.75 Å². The molecule has 5 rings (SSSR count). The van der Waals surface area contributed by atoms with Gasteiger partial charge in [-0.1, -0.05) is 90.5 Å². The highest BCUT2D eigenvalue weighted by Crippen LogP contribution is 2.47. The van der Waals surface area contributed by atoms with E-state index in [9.17, 15) is 5.11 Å². The minimum Gasteiger partial charge on any atom is -0.482 e. The van der Waals surface area contributed by atoms with E-state index in [1.165, 1.54) is 0 Å². The molecule has 2 atom stereocenters. The predicted molar refractivity (Wildman–Crippen MR) is 163 cm³/mol. The molecule has 0 radical (unpaired) electrons. The summed E-state index contributed by atoms with van der Waals surface area (Å²) in [5, 5.41) is 18.0. The first kappa shape index (κ1) is 26.7. The Morgan fingerprint density at radius 2 is 1.53 bits per heavy atom. The Kier molecular flexibility index (Phi) is 8.06. The van der Waals surface area contributed by atoms with Crippen LogP contribution in [0.1, 0.15) is 29.0 Å². The Hall–Kier alpha value is -2.89. The van der Waals surface area contributed by atoms with E-state index in [0.29, 0.717) is 17.0 Å². The number of hydrogen-bond acceptors (Lipinski definition) is 3. The van der Waals surface area contributed by atoms with E-state index >= 15 is 0 Å². The van der Waals surface area contributed by atoms with Crippen molar-refractivity contribution in [3.63, 3.8) is 0 Å². The second-order valence-corrected chi connectivity index (χ2v) is 10.9. The fourth-order valence-electron chi connectivity index (χ4n) is 5.41. The van der Waals surface area contributed by atoms with Gasteiger partial charge in [-0.3, -0.25) is 0 Å². The molecule has 0 spiro atoms. The third kappa shape index (κ3) is 5.45. The summed E-state index contributed by atoms with van der Waals surface area (Å²) in [4.78, 5) is 2.12. The summed E-state index contributed by atoms with van der Waals surface area (Å²) < 4.78 is 5.71. The number of nitrogens with zero attached hydrogens (tertiary/aromatic N) is 1. The quantitative estimate of drug-likeness (QED) is 0.176. The second kappa shape index (κ2) is 11.5. The molecule has 0 heterocycles.